The Hall–Kier alpha value is -3.06. The van der Waals surface area contributed by atoms with E-state index in [0.717, 1.165) is 42.0 Å². The predicted molar refractivity (Wildman–Crippen MR) is 110 cm³/mol. The van der Waals surface area contributed by atoms with Crippen LogP contribution in [0, 0.1) is 0 Å². The van der Waals surface area contributed by atoms with Gasteiger partial charge in [-0.3, -0.25) is 4.90 Å². The van der Waals surface area contributed by atoms with E-state index in [1.54, 1.807) is 14.2 Å². The smallest absolute Gasteiger partial charge is 0.356 e. The van der Waals surface area contributed by atoms with Gasteiger partial charge in [0.1, 0.15) is 0 Å². The Labute approximate surface area is 171 Å². The molecule has 29 heavy (non-hydrogen) atoms. The quantitative estimate of drug-likeness (QED) is 0.478. The molecule has 0 radical (unpaired) electrons. The molecule has 0 N–H and O–H groups in total. The first-order chi connectivity index (χ1) is 14.1. The predicted octanol–water partition coefficient (Wildman–Crippen LogP) is 4.04. The second-order valence-electron chi connectivity index (χ2n) is 6.65. The molecule has 0 fully saturated rings. The lowest BCUT2D eigenvalue weighted by atomic mass is 10.1. The Kier molecular flexibility index (Phi) is 7.08. The van der Waals surface area contributed by atoms with Crippen LogP contribution in [0.3, 0.4) is 0 Å². The van der Waals surface area contributed by atoms with E-state index < -0.39 is 0 Å². The van der Waals surface area contributed by atoms with E-state index >= 15 is 0 Å². The van der Waals surface area contributed by atoms with Gasteiger partial charge in [-0.15, -0.1) is 0 Å². The first-order valence-corrected chi connectivity index (χ1v) is 9.61. The summed E-state index contributed by atoms with van der Waals surface area (Å²) in [6.07, 6.45) is 1.48. The van der Waals surface area contributed by atoms with Crippen LogP contribution in [-0.4, -0.2) is 49.1 Å². The SMILES string of the molecule is CCC(Oc1noc(-c2ccccc2)n1)N(C)CCc1ccc(OC)c(OC)c1. The second kappa shape index (κ2) is 9.93. The van der Waals surface area contributed by atoms with Gasteiger partial charge in [0, 0.05) is 12.1 Å². The van der Waals surface area contributed by atoms with Gasteiger partial charge < -0.3 is 18.7 Å². The average Bonchev–Trinajstić information content (AvgIpc) is 3.24. The number of rotatable bonds is 10. The summed E-state index contributed by atoms with van der Waals surface area (Å²) >= 11 is 0. The Bertz CT molecular complexity index is 898. The van der Waals surface area contributed by atoms with E-state index in [9.17, 15) is 0 Å². The molecule has 3 rings (SSSR count). The average molecular weight is 397 g/mol. The maximum atomic E-state index is 5.96. The van der Waals surface area contributed by atoms with Crippen LogP contribution in [0.1, 0.15) is 18.9 Å². The maximum Gasteiger partial charge on any atom is 0.356 e. The molecule has 1 atom stereocenters. The molecule has 0 aliphatic rings. The van der Waals surface area contributed by atoms with E-state index in [4.69, 9.17) is 18.7 Å². The standard InChI is InChI=1S/C22H27N3O4/c1-5-20(28-22-23-21(29-24-22)17-9-7-6-8-10-17)25(2)14-13-16-11-12-18(26-3)19(15-16)27-4/h6-12,15,20H,5,13-14H2,1-4H3. The summed E-state index contributed by atoms with van der Waals surface area (Å²) in [5.41, 5.74) is 2.03. The van der Waals surface area contributed by atoms with Gasteiger partial charge >= 0.3 is 6.01 Å². The van der Waals surface area contributed by atoms with E-state index in [1.807, 2.05) is 55.6 Å². The summed E-state index contributed by atoms with van der Waals surface area (Å²) in [5, 5.41) is 3.96. The second-order valence-corrected chi connectivity index (χ2v) is 6.65. The van der Waals surface area contributed by atoms with Crippen molar-refractivity contribution in [1.82, 2.24) is 15.0 Å². The number of likely N-dealkylation sites (N-methyl/N-ethyl adjacent to an activating group) is 1. The highest BCUT2D eigenvalue weighted by Crippen LogP contribution is 2.28. The van der Waals surface area contributed by atoms with Gasteiger partial charge in [-0.05, 0) is 54.9 Å². The highest BCUT2D eigenvalue weighted by atomic mass is 16.6. The molecule has 1 unspecified atom stereocenters. The van der Waals surface area contributed by atoms with Crippen LogP contribution in [0.5, 0.6) is 17.5 Å². The minimum Gasteiger partial charge on any atom is -0.493 e. The van der Waals surface area contributed by atoms with Gasteiger partial charge in [-0.25, -0.2) is 0 Å². The van der Waals surface area contributed by atoms with E-state index in [1.165, 1.54) is 0 Å². The number of benzene rings is 2. The molecular weight excluding hydrogens is 370 g/mol. The fourth-order valence-corrected chi connectivity index (χ4v) is 3.05. The van der Waals surface area contributed by atoms with Crippen LogP contribution in [0.25, 0.3) is 11.5 Å². The maximum absolute atomic E-state index is 5.96. The molecule has 154 valence electrons. The summed E-state index contributed by atoms with van der Waals surface area (Å²) in [6.45, 7) is 2.87. The summed E-state index contributed by atoms with van der Waals surface area (Å²) < 4.78 is 22.0. The highest BCUT2D eigenvalue weighted by molar-refractivity contribution is 5.52. The summed E-state index contributed by atoms with van der Waals surface area (Å²) in [6, 6.07) is 15.8. The monoisotopic (exact) mass is 397 g/mol. The molecule has 0 amide bonds. The van der Waals surface area contributed by atoms with Gasteiger partial charge in [-0.2, -0.15) is 4.98 Å². The molecule has 7 nitrogen and oxygen atoms in total. The van der Waals surface area contributed by atoms with Crippen molar-refractivity contribution in [2.45, 2.75) is 26.0 Å². The minimum atomic E-state index is -0.156. The van der Waals surface area contributed by atoms with Crippen molar-refractivity contribution in [3.63, 3.8) is 0 Å². The summed E-state index contributed by atoms with van der Waals surface area (Å²) in [4.78, 5) is 6.49. The highest BCUT2D eigenvalue weighted by Gasteiger charge is 2.18. The number of ether oxygens (including phenoxy) is 3. The molecule has 0 bridgehead atoms. The molecule has 0 aliphatic heterocycles. The van der Waals surface area contributed by atoms with E-state index in [2.05, 4.69) is 22.0 Å². The van der Waals surface area contributed by atoms with Crippen molar-refractivity contribution in [3.05, 3.63) is 54.1 Å². The number of hydrogen-bond donors (Lipinski definition) is 0. The van der Waals surface area contributed by atoms with Crippen molar-refractivity contribution in [1.29, 1.82) is 0 Å². The van der Waals surface area contributed by atoms with Crippen LogP contribution in [0.4, 0.5) is 0 Å². The van der Waals surface area contributed by atoms with Crippen molar-refractivity contribution in [2.24, 2.45) is 0 Å². The third-order valence-corrected chi connectivity index (χ3v) is 4.71. The fourth-order valence-electron chi connectivity index (χ4n) is 3.05. The molecule has 2 aromatic carbocycles. The van der Waals surface area contributed by atoms with Gasteiger partial charge in [-0.1, -0.05) is 31.2 Å². The lowest BCUT2D eigenvalue weighted by molar-refractivity contribution is 0.0327. The number of nitrogens with zero attached hydrogens (tertiary/aromatic N) is 3. The molecule has 0 saturated carbocycles. The fraction of sp³-hybridized carbons (Fsp3) is 0.364. The molecule has 1 heterocycles. The van der Waals surface area contributed by atoms with Crippen molar-refractivity contribution in [2.75, 3.05) is 27.8 Å². The van der Waals surface area contributed by atoms with Gasteiger partial charge in [0.05, 0.1) is 14.2 Å². The topological polar surface area (TPSA) is 69.9 Å². The lowest BCUT2D eigenvalue weighted by Gasteiger charge is -2.26. The molecule has 1 aromatic heterocycles. The van der Waals surface area contributed by atoms with E-state index in [-0.39, 0.29) is 12.2 Å². The van der Waals surface area contributed by atoms with Crippen molar-refractivity contribution in [3.8, 4) is 29.0 Å². The Morgan fingerprint density at radius 1 is 1.03 bits per heavy atom. The Morgan fingerprint density at radius 3 is 2.48 bits per heavy atom. The van der Waals surface area contributed by atoms with Crippen LogP contribution in [-0.2, 0) is 6.42 Å². The van der Waals surface area contributed by atoms with Crippen LogP contribution >= 0.6 is 0 Å². The zero-order valence-corrected chi connectivity index (χ0v) is 17.3. The number of hydrogen-bond acceptors (Lipinski definition) is 7. The first kappa shape index (κ1) is 20.7. The zero-order chi connectivity index (χ0) is 20.6. The van der Waals surface area contributed by atoms with Gasteiger partial charge in [0.15, 0.2) is 17.7 Å². The molecule has 3 aromatic rings. The molecular formula is C22H27N3O4. The lowest BCUT2D eigenvalue weighted by Crippen LogP contribution is -2.37. The Morgan fingerprint density at radius 2 is 1.79 bits per heavy atom. The van der Waals surface area contributed by atoms with Crippen molar-refractivity contribution < 1.29 is 18.7 Å². The first-order valence-electron chi connectivity index (χ1n) is 9.61. The largest absolute Gasteiger partial charge is 0.493 e. The van der Waals surface area contributed by atoms with Crippen molar-refractivity contribution >= 4 is 0 Å². The summed E-state index contributed by atoms with van der Waals surface area (Å²) in [5.74, 6) is 1.91. The Balaban J connectivity index is 1.59. The van der Waals surface area contributed by atoms with Crippen LogP contribution in [0.2, 0.25) is 0 Å². The third-order valence-electron chi connectivity index (χ3n) is 4.71. The van der Waals surface area contributed by atoms with Gasteiger partial charge in [0.25, 0.3) is 5.89 Å². The molecule has 0 spiro atoms. The van der Waals surface area contributed by atoms with Crippen LogP contribution in [0.15, 0.2) is 53.1 Å². The van der Waals surface area contributed by atoms with Gasteiger partial charge in [0.2, 0.25) is 0 Å². The number of aromatic nitrogens is 2. The van der Waals surface area contributed by atoms with Crippen LogP contribution < -0.4 is 14.2 Å². The molecule has 7 heteroatoms. The minimum absolute atomic E-state index is 0.156. The summed E-state index contributed by atoms with van der Waals surface area (Å²) in [7, 11) is 5.30. The van der Waals surface area contributed by atoms with E-state index in [0.29, 0.717) is 5.89 Å². The normalized spacial score (nSPS) is 12.0. The number of methoxy groups -OCH3 is 2. The molecule has 0 saturated heterocycles. The molecule has 0 aliphatic carbocycles. The third kappa shape index (κ3) is 5.26. The zero-order valence-electron chi connectivity index (χ0n) is 17.3.